The molecule has 0 aliphatic heterocycles. The van der Waals surface area contributed by atoms with Crippen LogP contribution in [0.2, 0.25) is 0 Å². The van der Waals surface area contributed by atoms with Crippen molar-refractivity contribution in [3.05, 3.63) is 29.8 Å². The highest BCUT2D eigenvalue weighted by Gasteiger charge is 2.28. The molecule has 5 nitrogen and oxygen atoms in total. The Morgan fingerprint density at radius 2 is 1.77 bits per heavy atom. The van der Waals surface area contributed by atoms with Gasteiger partial charge in [0.25, 0.3) is 0 Å². The number of alkyl halides is 3. The van der Waals surface area contributed by atoms with Crippen molar-refractivity contribution in [2.75, 3.05) is 13.6 Å². The first kappa shape index (κ1) is 18.4. The van der Waals surface area contributed by atoms with Crippen molar-refractivity contribution in [2.45, 2.75) is 24.4 Å². The quantitative estimate of drug-likeness (QED) is 0.862. The van der Waals surface area contributed by atoms with E-state index in [1.54, 1.807) is 0 Å². The number of aliphatic carboxylic acids is 1. The molecule has 0 heterocycles. The lowest BCUT2D eigenvalue weighted by Crippen LogP contribution is -2.33. The van der Waals surface area contributed by atoms with Gasteiger partial charge < -0.3 is 5.11 Å². The minimum Gasteiger partial charge on any atom is -0.481 e. The van der Waals surface area contributed by atoms with Crippen LogP contribution in [-0.2, 0) is 21.2 Å². The van der Waals surface area contributed by atoms with Crippen LogP contribution >= 0.6 is 0 Å². The predicted molar refractivity (Wildman–Crippen MR) is 72.8 cm³/mol. The molecule has 0 bridgehead atoms. The molecule has 0 aliphatic carbocycles. The summed E-state index contributed by atoms with van der Waals surface area (Å²) in [6, 6.07) is 4.35. The fourth-order valence-corrected chi connectivity index (χ4v) is 3.01. The summed E-state index contributed by atoms with van der Waals surface area (Å²) in [7, 11) is -2.72. The average Bonchev–Trinajstić information content (AvgIpc) is 2.37. The maximum atomic E-state index is 12.2. The molecule has 0 saturated heterocycles. The van der Waals surface area contributed by atoms with Crippen molar-refractivity contribution in [2.24, 2.45) is 5.92 Å². The third-order valence-corrected chi connectivity index (χ3v) is 4.83. The molecular weight excluding hydrogens is 323 g/mol. The van der Waals surface area contributed by atoms with Gasteiger partial charge in [0.1, 0.15) is 0 Å². The number of nitrogens with zero attached hydrogens (tertiary/aromatic N) is 1. The fraction of sp³-hybridized carbons (Fsp3) is 0.462. The van der Waals surface area contributed by atoms with Crippen LogP contribution in [0.1, 0.15) is 12.5 Å². The molecule has 1 unspecified atom stereocenters. The molecule has 1 rings (SSSR count). The minimum atomic E-state index is -4.37. The first-order valence-corrected chi connectivity index (χ1v) is 7.72. The Morgan fingerprint density at radius 1 is 1.27 bits per heavy atom. The van der Waals surface area contributed by atoms with Gasteiger partial charge >= 0.3 is 12.1 Å². The number of hydrogen-bond donors (Lipinski definition) is 1. The zero-order valence-corrected chi connectivity index (χ0v) is 12.8. The number of carbonyl (C=O) groups is 1. The zero-order valence-electron chi connectivity index (χ0n) is 12.0. The number of benzene rings is 1. The van der Waals surface area contributed by atoms with E-state index in [0.717, 1.165) is 28.6 Å². The molecular formula is C13H16F3NO4S. The van der Waals surface area contributed by atoms with Gasteiger partial charge in [0.15, 0.2) is 0 Å². The van der Waals surface area contributed by atoms with Crippen LogP contribution in [0.5, 0.6) is 0 Å². The summed E-state index contributed by atoms with van der Waals surface area (Å²) < 4.78 is 62.0. The van der Waals surface area contributed by atoms with Crippen molar-refractivity contribution >= 4 is 16.0 Å². The van der Waals surface area contributed by atoms with Gasteiger partial charge in [-0.15, -0.1) is 0 Å². The van der Waals surface area contributed by atoms with Crippen LogP contribution in [-0.4, -0.2) is 43.6 Å². The SMILES string of the molecule is CC(CN(C)S(=O)(=O)c1ccc(CC(F)(F)F)cc1)C(=O)O. The van der Waals surface area contributed by atoms with E-state index in [2.05, 4.69) is 0 Å². The first-order chi connectivity index (χ1) is 9.93. The van der Waals surface area contributed by atoms with E-state index in [9.17, 15) is 26.4 Å². The molecule has 0 aliphatic rings. The Hall–Kier alpha value is -1.61. The van der Waals surface area contributed by atoms with Gasteiger partial charge in [0.2, 0.25) is 10.0 Å². The van der Waals surface area contributed by atoms with Crippen LogP contribution in [0.3, 0.4) is 0 Å². The lowest BCUT2D eigenvalue weighted by Gasteiger charge is -2.19. The second-order valence-electron chi connectivity index (χ2n) is 4.96. The molecule has 1 atom stereocenters. The third kappa shape index (κ3) is 4.99. The van der Waals surface area contributed by atoms with E-state index < -0.39 is 34.5 Å². The summed E-state index contributed by atoms with van der Waals surface area (Å²) in [6.45, 7) is 1.13. The van der Waals surface area contributed by atoms with Crippen LogP contribution in [0.4, 0.5) is 13.2 Å². The summed E-state index contributed by atoms with van der Waals surface area (Å²) in [4.78, 5) is 10.6. The zero-order chi connectivity index (χ0) is 17.1. The van der Waals surface area contributed by atoms with Crippen molar-refractivity contribution in [1.82, 2.24) is 4.31 Å². The van der Waals surface area contributed by atoms with Gasteiger partial charge in [0, 0.05) is 13.6 Å². The maximum absolute atomic E-state index is 12.2. The number of halogens is 3. The van der Waals surface area contributed by atoms with Crippen LogP contribution in [0.25, 0.3) is 0 Å². The smallest absolute Gasteiger partial charge is 0.393 e. The number of sulfonamides is 1. The summed E-state index contributed by atoms with van der Waals surface area (Å²) >= 11 is 0. The summed E-state index contributed by atoms with van der Waals surface area (Å²) in [5.74, 6) is -2.04. The van der Waals surface area contributed by atoms with Crippen LogP contribution in [0.15, 0.2) is 29.2 Å². The molecule has 0 aromatic heterocycles. The van der Waals surface area contributed by atoms with E-state index in [-0.39, 0.29) is 17.0 Å². The molecule has 9 heteroatoms. The second kappa shape index (κ2) is 6.66. The van der Waals surface area contributed by atoms with Crippen molar-refractivity contribution in [1.29, 1.82) is 0 Å². The number of carboxylic acids is 1. The highest BCUT2D eigenvalue weighted by molar-refractivity contribution is 7.89. The van der Waals surface area contributed by atoms with Gasteiger partial charge in [-0.3, -0.25) is 4.79 Å². The van der Waals surface area contributed by atoms with Gasteiger partial charge in [-0.1, -0.05) is 19.1 Å². The summed E-state index contributed by atoms with van der Waals surface area (Å²) in [5.41, 5.74) is -0.0481. The molecule has 0 spiro atoms. The predicted octanol–water partition coefficient (Wildman–Crippen LogP) is 2.13. The molecule has 0 fully saturated rings. The van der Waals surface area contributed by atoms with Gasteiger partial charge in [0.05, 0.1) is 17.2 Å². The highest BCUT2D eigenvalue weighted by atomic mass is 32.2. The van der Waals surface area contributed by atoms with E-state index in [1.165, 1.54) is 14.0 Å². The van der Waals surface area contributed by atoms with Gasteiger partial charge in [-0.05, 0) is 17.7 Å². The van der Waals surface area contributed by atoms with Gasteiger partial charge in [-0.2, -0.15) is 13.2 Å². The number of carboxylic acid groups (broad SMARTS) is 1. The largest absolute Gasteiger partial charge is 0.481 e. The minimum absolute atomic E-state index is 0.0481. The van der Waals surface area contributed by atoms with Crippen LogP contribution in [0, 0.1) is 5.92 Å². The molecule has 124 valence electrons. The van der Waals surface area contributed by atoms with E-state index >= 15 is 0 Å². The Kier molecular flexibility index (Phi) is 5.58. The third-order valence-electron chi connectivity index (χ3n) is 2.99. The molecule has 0 radical (unpaired) electrons. The molecule has 0 saturated carbocycles. The molecule has 22 heavy (non-hydrogen) atoms. The standard InChI is InChI=1S/C13H16F3NO4S/c1-9(12(18)19)8-17(2)22(20,21)11-5-3-10(4-6-11)7-13(14,15)16/h3-6,9H,7-8H2,1-2H3,(H,18,19). The Balaban J connectivity index is 2.92. The van der Waals surface area contributed by atoms with Crippen molar-refractivity contribution in [3.63, 3.8) is 0 Å². The van der Waals surface area contributed by atoms with E-state index in [0.29, 0.717) is 0 Å². The average molecular weight is 339 g/mol. The molecule has 0 amide bonds. The Labute approximate surface area is 126 Å². The summed E-state index contributed by atoms with van der Waals surface area (Å²) in [5, 5.41) is 8.78. The molecule has 1 N–H and O–H groups in total. The van der Waals surface area contributed by atoms with E-state index in [4.69, 9.17) is 5.11 Å². The summed E-state index contributed by atoms with van der Waals surface area (Å²) in [6.07, 6.45) is -5.51. The topological polar surface area (TPSA) is 74.7 Å². The lowest BCUT2D eigenvalue weighted by molar-refractivity contribution is -0.141. The number of rotatable bonds is 6. The monoisotopic (exact) mass is 339 g/mol. The Morgan fingerprint density at radius 3 is 2.18 bits per heavy atom. The van der Waals surface area contributed by atoms with Crippen molar-refractivity contribution in [3.8, 4) is 0 Å². The molecule has 1 aromatic carbocycles. The van der Waals surface area contributed by atoms with Crippen molar-refractivity contribution < 1.29 is 31.5 Å². The van der Waals surface area contributed by atoms with E-state index in [1.807, 2.05) is 0 Å². The molecule has 1 aromatic rings. The first-order valence-electron chi connectivity index (χ1n) is 6.28. The maximum Gasteiger partial charge on any atom is 0.393 e. The fourth-order valence-electron chi connectivity index (χ4n) is 1.75. The normalized spacial score (nSPS) is 14.1. The highest BCUT2D eigenvalue weighted by Crippen LogP contribution is 2.23. The Bertz CT molecular complexity index is 626. The van der Waals surface area contributed by atoms with Crippen LogP contribution < -0.4 is 0 Å². The lowest BCUT2D eigenvalue weighted by atomic mass is 10.1. The second-order valence-corrected chi connectivity index (χ2v) is 7.01. The van der Waals surface area contributed by atoms with Gasteiger partial charge in [-0.25, -0.2) is 12.7 Å². The number of hydrogen-bond acceptors (Lipinski definition) is 3.